The summed E-state index contributed by atoms with van der Waals surface area (Å²) in [7, 11) is 0. The van der Waals surface area contributed by atoms with E-state index in [0.29, 0.717) is 10.7 Å². The van der Waals surface area contributed by atoms with Crippen molar-refractivity contribution < 1.29 is 14.3 Å². The molecule has 0 aliphatic heterocycles. The van der Waals surface area contributed by atoms with Crippen molar-refractivity contribution in [3.8, 4) is 0 Å². The maximum atomic E-state index is 13.3. The maximum absolute atomic E-state index is 13.3. The highest BCUT2D eigenvalue weighted by atomic mass is 35.5. The van der Waals surface area contributed by atoms with E-state index in [-0.39, 0.29) is 16.3 Å². The van der Waals surface area contributed by atoms with E-state index in [2.05, 4.69) is 5.32 Å². The fraction of sp³-hybridized carbons (Fsp3) is 0. The third-order valence-corrected chi connectivity index (χ3v) is 3.45. The van der Waals surface area contributed by atoms with Crippen molar-refractivity contribution in [3.05, 3.63) is 51.8 Å². The molecule has 0 saturated heterocycles. The smallest absolute Gasteiger partial charge is 0.340 e. The van der Waals surface area contributed by atoms with E-state index >= 15 is 0 Å². The largest absolute Gasteiger partial charge is 0.478 e. The summed E-state index contributed by atoms with van der Waals surface area (Å²) in [6.07, 6.45) is 0. The van der Waals surface area contributed by atoms with E-state index in [1.807, 2.05) is 0 Å². The molecule has 0 fully saturated rings. The molecule has 0 unspecified atom stereocenters. The summed E-state index contributed by atoms with van der Waals surface area (Å²) in [6.45, 7) is 0. The van der Waals surface area contributed by atoms with E-state index in [1.165, 1.54) is 6.07 Å². The molecule has 2 rings (SSSR count). The van der Waals surface area contributed by atoms with Crippen molar-refractivity contribution in [1.82, 2.24) is 0 Å². The zero-order valence-electron chi connectivity index (χ0n) is 9.95. The van der Waals surface area contributed by atoms with Gasteiger partial charge in [0.1, 0.15) is 11.4 Å². The highest BCUT2D eigenvalue weighted by Crippen LogP contribution is 2.34. The van der Waals surface area contributed by atoms with Crippen LogP contribution in [0.15, 0.2) is 30.3 Å². The normalized spacial score (nSPS) is 10.3. The Hall–Kier alpha value is -1.98. The molecule has 2 aromatic rings. The van der Waals surface area contributed by atoms with Crippen LogP contribution in [0.4, 0.5) is 21.5 Å². The van der Waals surface area contributed by atoms with Crippen LogP contribution in [0.5, 0.6) is 0 Å². The van der Waals surface area contributed by atoms with Crippen LogP contribution in [0.3, 0.4) is 0 Å². The lowest BCUT2D eigenvalue weighted by atomic mass is 10.1. The predicted molar refractivity (Wildman–Crippen MR) is 77.5 cm³/mol. The highest BCUT2D eigenvalue weighted by molar-refractivity contribution is 6.43. The van der Waals surface area contributed by atoms with Gasteiger partial charge in [0, 0.05) is 0 Å². The fourth-order valence-electron chi connectivity index (χ4n) is 1.67. The van der Waals surface area contributed by atoms with Gasteiger partial charge in [0.15, 0.2) is 0 Å². The average Bonchev–Trinajstić information content (AvgIpc) is 2.39. The van der Waals surface area contributed by atoms with Crippen LogP contribution < -0.4 is 11.1 Å². The molecule has 20 heavy (non-hydrogen) atoms. The van der Waals surface area contributed by atoms with Crippen molar-refractivity contribution in [3.63, 3.8) is 0 Å². The standard InChI is InChI=1S/C13H9Cl2FN2O2/c14-6-2-1-3-9(11(6)15)18-8-5-4-7(16)12(17)10(8)13(19)20/h1-5,18H,17H2,(H,19,20). The quantitative estimate of drug-likeness (QED) is 0.744. The van der Waals surface area contributed by atoms with Gasteiger partial charge in [0.25, 0.3) is 0 Å². The number of carboxylic acid groups (broad SMARTS) is 1. The molecule has 0 aliphatic carbocycles. The van der Waals surface area contributed by atoms with Crippen LogP contribution in [0, 0.1) is 5.82 Å². The third-order valence-electron chi connectivity index (χ3n) is 2.63. The first-order valence-electron chi connectivity index (χ1n) is 5.44. The van der Waals surface area contributed by atoms with E-state index in [0.717, 1.165) is 6.07 Å². The minimum Gasteiger partial charge on any atom is -0.478 e. The molecular weight excluding hydrogens is 306 g/mol. The molecule has 0 atom stereocenters. The van der Waals surface area contributed by atoms with Crippen molar-refractivity contribution >= 4 is 46.2 Å². The Bertz CT molecular complexity index is 692. The molecule has 4 N–H and O–H groups in total. The van der Waals surface area contributed by atoms with Crippen LogP contribution in [0.1, 0.15) is 10.4 Å². The number of benzene rings is 2. The van der Waals surface area contributed by atoms with Crippen LogP contribution in [-0.4, -0.2) is 11.1 Å². The van der Waals surface area contributed by atoms with Gasteiger partial charge in [-0.25, -0.2) is 9.18 Å². The van der Waals surface area contributed by atoms with Gasteiger partial charge in [0.2, 0.25) is 0 Å². The van der Waals surface area contributed by atoms with Crippen molar-refractivity contribution in [2.75, 3.05) is 11.1 Å². The number of nitrogen functional groups attached to an aromatic ring is 1. The second-order valence-electron chi connectivity index (χ2n) is 3.92. The second kappa shape index (κ2) is 5.56. The Morgan fingerprint density at radius 1 is 1.20 bits per heavy atom. The van der Waals surface area contributed by atoms with Gasteiger partial charge in [-0.2, -0.15) is 0 Å². The van der Waals surface area contributed by atoms with Gasteiger partial charge >= 0.3 is 5.97 Å². The molecule has 4 nitrogen and oxygen atoms in total. The van der Waals surface area contributed by atoms with E-state index in [1.54, 1.807) is 18.2 Å². The monoisotopic (exact) mass is 314 g/mol. The Morgan fingerprint density at radius 3 is 2.55 bits per heavy atom. The minimum atomic E-state index is -1.34. The zero-order chi connectivity index (χ0) is 14.9. The molecular formula is C13H9Cl2FN2O2. The fourth-order valence-corrected chi connectivity index (χ4v) is 2.02. The summed E-state index contributed by atoms with van der Waals surface area (Å²) >= 11 is 11.9. The van der Waals surface area contributed by atoms with Crippen LogP contribution in [-0.2, 0) is 0 Å². The van der Waals surface area contributed by atoms with Gasteiger partial charge in [-0.15, -0.1) is 0 Å². The maximum Gasteiger partial charge on any atom is 0.340 e. The molecule has 0 aromatic heterocycles. The molecule has 7 heteroatoms. The first kappa shape index (κ1) is 14.4. The predicted octanol–water partition coefficient (Wildman–Crippen LogP) is 4.16. The van der Waals surface area contributed by atoms with Gasteiger partial charge in [0.05, 0.1) is 27.1 Å². The average molecular weight is 315 g/mol. The summed E-state index contributed by atoms with van der Waals surface area (Å²) < 4.78 is 13.3. The van der Waals surface area contributed by atoms with Crippen molar-refractivity contribution in [2.45, 2.75) is 0 Å². The van der Waals surface area contributed by atoms with Crippen molar-refractivity contribution in [2.24, 2.45) is 0 Å². The number of anilines is 3. The Labute approximate surface area is 123 Å². The lowest BCUT2D eigenvalue weighted by molar-refractivity contribution is 0.0698. The summed E-state index contributed by atoms with van der Waals surface area (Å²) in [6, 6.07) is 7.18. The van der Waals surface area contributed by atoms with E-state index < -0.39 is 17.5 Å². The van der Waals surface area contributed by atoms with Crippen LogP contribution in [0.2, 0.25) is 10.0 Å². The molecule has 0 radical (unpaired) electrons. The molecule has 0 spiro atoms. The van der Waals surface area contributed by atoms with Gasteiger partial charge in [-0.1, -0.05) is 29.3 Å². The number of carbonyl (C=O) groups is 1. The lowest BCUT2D eigenvalue weighted by Gasteiger charge is -2.13. The second-order valence-corrected chi connectivity index (χ2v) is 4.70. The number of aromatic carboxylic acids is 1. The first-order chi connectivity index (χ1) is 9.41. The Morgan fingerprint density at radius 2 is 1.90 bits per heavy atom. The summed E-state index contributed by atoms with van der Waals surface area (Å²) in [5, 5.41) is 12.5. The number of nitrogens with one attached hydrogen (secondary N) is 1. The Balaban J connectivity index is 2.52. The third kappa shape index (κ3) is 2.64. The van der Waals surface area contributed by atoms with E-state index in [4.69, 9.17) is 34.0 Å². The number of hydrogen-bond acceptors (Lipinski definition) is 3. The summed E-state index contributed by atoms with van der Waals surface area (Å²) in [5.74, 6) is -2.15. The number of hydrogen-bond donors (Lipinski definition) is 3. The SMILES string of the molecule is Nc1c(F)ccc(Nc2cccc(Cl)c2Cl)c1C(=O)O. The van der Waals surface area contributed by atoms with Gasteiger partial charge < -0.3 is 16.2 Å². The highest BCUT2D eigenvalue weighted by Gasteiger charge is 2.18. The molecule has 0 aliphatic rings. The van der Waals surface area contributed by atoms with Gasteiger partial charge in [-0.05, 0) is 24.3 Å². The number of carboxylic acids is 1. The van der Waals surface area contributed by atoms with Crippen molar-refractivity contribution in [1.29, 1.82) is 0 Å². The van der Waals surface area contributed by atoms with Crippen LogP contribution >= 0.6 is 23.2 Å². The Kier molecular flexibility index (Phi) is 4.01. The lowest BCUT2D eigenvalue weighted by Crippen LogP contribution is -2.08. The molecule has 0 bridgehead atoms. The summed E-state index contributed by atoms with van der Waals surface area (Å²) in [4.78, 5) is 11.2. The number of rotatable bonds is 3. The molecule has 2 aromatic carbocycles. The van der Waals surface area contributed by atoms with E-state index in [9.17, 15) is 9.18 Å². The molecule has 0 saturated carbocycles. The van der Waals surface area contributed by atoms with Gasteiger partial charge in [-0.3, -0.25) is 0 Å². The summed E-state index contributed by atoms with van der Waals surface area (Å²) in [5.41, 5.74) is 5.17. The first-order valence-corrected chi connectivity index (χ1v) is 6.19. The molecule has 104 valence electrons. The zero-order valence-corrected chi connectivity index (χ0v) is 11.5. The van der Waals surface area contributed by atoms with Crippen LogP contribution in [0.25, 0.3) is 0 Å². The molecule has 0 heterocycles. The number of nitrogens with two attached hydrogens (primary N) is 1. The minimum absolute atomic E-state index is 0.126. The molecule has 0 amide bonds. The number of halogens is 3. The topological polar surface area (TPSA) is 75.3 Å².